The number of halogens is 1. The van der Waals surface area contributed by atoms with Gasteiger partial charge in [-0.15, -0.1) is 15.3 Å². The molecule has 1 atom stereocenters. The van der Waals surface area contributed by atoms with E-state index < -0.39 is 12.1 Å². The van der Waals surface area contributed by atoms with E-state index in [2.05, 4.69) is 36.4 Å². The van der Waals surface area contributed by atoms with E-state index in [0.717, 1.165) is 11.1 Å². The molecule has 2 aromatic heterocycles. The van der Waals surface area contributed by atoms with E-state index in [-0.39, 0.29) is 11.8 Å². The number of amides is 2. The van der Waals surface area contributed by atoms with Gasteiger partial charge in [-0.3, -0.25) is 10.1 Å². The van der Waals surface area contributed by atoms with Crippen molar-refractivity contribution in [3.63, 3.8) is 0 Å². The maximum atomic E-state index is 13.3. The van der Waals surface area contributed by atoms with Crippen molar-refractivity contribution in [3.8, 4) is 22.7 Å². The molecule has 0 aliphatic rings. The molecule has 3 N–H and O–H groups in total. The van der Waals surface area contributed by atoms with E-state index >= 15 is 0 Å². The Hall–Kier alpha value is -5.62. The largest absolute Gasteiger partial charge is 0.479 e. The lowest BCUT2D eigenvalue weighted by Gasteiger charge is -2.19. The third-order valence-electron chi connectivity index (χ3n) is 6.38. The quantitative estimate of drug-likeness (QED) is 0.189. The van der Waals surface area contributed by atoms with E-state index in [9.17, 15) is 9.59 Å². The van der Waals surface area contributed by atoms with Gasteiger partial charge in [-0.2, -0.15) is 4.68 Å². The zero-order valence-electron chi connectivity index (χ0n) is 22.8. The molecule has 0 aliphatic carbocycles. The van der Waals surface area contributed by atoms with Crippen molar-refractivity contribution in [2.45, 2.75) is 12.5 Å². The van der Waals surface area contributed by atoms with Gasteiger partial charge in [0.15, 0.2) is 0 Å². The molecule has 0 fully saturated rings. The molecule has 0 saturated carbocycles. The lowest BCUT2D eigenvalue weighted by Crippen LogP contribution is -2.29. The number of anilines is 1. The molecular weight excluding hydrogens is 572 g/mol. The first-order valence-electron chi connectivity index (χ1n) is 13.0. The summed E-state index contributed by atoms with van der Waals surface area (Å²) in [5.41, 5.74) is 4.55. The van der Waals surface area contributed by atoms with Gasteiger partial charge in [0.2, 0.25) is 11.8 Å². The number of benzene rings is 3. The maximum absolute atomic E-state index is 13.3. The first-order chi connectivity index (χ1) is 20.9. The van der Waals surface area contributed by atoms with Crippen molar-refractivity contribution in [1.29, 1.82) is 0 Å². The molecule has 43 heavy (non-hydrogen) atoms. The summed E-state index contributed by atoms with van der Waals surface area (Å²) in [5, 5.41) is 34.8. The average Bonchev–Trinajstić information content (AvgIpc) is 3.55. The van der Waals surface area contributed by atoms with Crippen molar-refractivity contribution in [2.75, 3.05) is 12.4 Å². The highest BCUT2D eigenvalue weighted by Gasteiger charge is 2.20. The highest BCUT2D eigenvalue weighted by atomic mass is 35.5. The predicted molar refractivity (Wildman–Crippen MR) is 160 cm³/mol. The Balaban J connectivity index is 1.45. The van der Waals surface area contributed by atoms with Gasteiger partial charge in [0.25, 0.3) is 0 Å². The van der Waals surface area contributed by atoms with Gasteiger partial charge >= 0.3 is 6.09 Å². The molecule has 12 nitrogen and oxygen atoms in total. The van der Waals surface area contributed by atoms with E-state index in [1.54, 1.807) is 54.6 Å². The number of carbonyl (C=O) groups excluding carboxylic acids is 1. The first-order valence-corrected chi connectivity index (χ1v) is 13.3. The van der Waals surface area contributed by atoms with E-state index in [1.165, 1.54) is 24.2 Å². The minimum atomic E-state index is -1.16. The maximum Gasteiger partial charge on any atom is 0.409 e. The molecule has 0 bridgehead atoms. The Morgan fingerprint density at radius 2 is 1.84 bits per heavy atom. The fourth-order valence-corrected chi connectivity index (χ4v) is 4.56. The summed E-state index contributed by atoms with van der Waals surface area (Å²) in [7, 11) is 1.49. The molecule has 0 radical (unpaired) electrons. The number of nitrogens with zero attached hydrogens (tertiary/aromatic N) is 6. The van der Waals surface area contributed by atoms with Crippen molar-refractivity contribution in [3.05, 3.63) is 113 Å². The van der Waals surface area contributed by atoms with Crippen LogP contribution in [-0.4, -0.2) is 54.6 Å². The second-order valence-corrected chi connectivity index (χ2v) is 9.68. The molecule has 3 aromatic carbocycles. The molecule has 0 aliphatic heterocycles. The topological polar surface area (TPSA) is 157 Å². The van der Waals surface area contributed by atoms with Crippen molar-refractivity contribution >= 4 is 35.4 Å². The number of carboxylic acid groups (broad SMARTS) is 1. The molecule has 216 valence electrons. The summed E-state index contributed by atoms with van der Waals surface area (Å²) in [6.07, 6.45) is 3.77. The van der Waals surface area contributed by atoms with Crippen LogP contribution in [0, 0.1) is 0 Å². The minimum Gasteiger partial charge on any atom is -0.479 e. The normalized spacial score (nSPS) is 11.7. The predicted octanol–water partition coefficient (Wildman–Crippen LogP) is 4.98. The van der Waals surface area contributed by atoms with Crippen LogP contribution >= 0.6 is 11.6 Å². The summed E-state index contributed by atoms with van der Waals surface area (Å²) in [4.78, 5) is 24.3. The van der Waals surface area contributed by atoms with Crippen LogP contribution in [0.2, 0.25) is 5.02 Å². The highest BCUT2D eigenvalue weighted by Crippen LogP contribution is 2.31. The Morgan fingerprint density at radius 1 is 1.05 bits per heavy atom. The molecule has 5 aromatic rings. The number of methoxy groups -OCH3 is 1. The number of rotatable bonds is 10. The first kappa shape index (κ1) is 28.9. The van der Waals surface area contributed by atoms with Crippen LogP contribution in [0.3, 0.4) is 0 Å². The van der Waals surface area contributed by atoms with Gasteiger partial charge < -0.3 is 15.2 Å². The second kappa shape index (κ2) is 13.4. The number of hydrogen-bond donors (Lipinski definition) is 3. The molecule has 0 saturated heterocycles. The van der Waals surface area contributed by atoms with Crippen molar-refractivity contribution in [1.82, 2.24) is 35.7 Å². The Labute approximate surface area is 251 Å². The fourth-order valence-electron chi connectivity index (χ4n) is 4.38. The summed E-state index contributed by atoms with van der Waals surface area (Å²) < 4.78 is 6.94. The van der Waals surface area contributed by atoms with Crippen LogP contribution in [0.1, 0.15) is 22.9 Å². The molecule has 5 rings (SSSR count). The lowest BCUT2D eigenvalue weighted by atomic mass is 10.00. The number of nitrogens with one attached hydrogen (secondary N) is 2. The monoisotopic (exact) mass is 596 g/mol. The summed E-state index contributed by atoms with van der Waals surface area (Å²) in [6.45, 7) is 0. The highest BCUT2D eigenvalue weighted by molar-refractivity contribution is 6.30. The van der Waals surface area contributed by atoms with Gasteiger partial charge in [-0.05, 0) is 70.4 Å². The van der Waals surface area contributed by atoms with Crippen LogP contribution in [0.25, 0.3) is 22.9 Å². The fraction of sp³-hybridized carbons (Fsp3) is 0.100. The minimum absolute atomic E-state index is 0.281. The summed E-state index contributed by atoms with van der Waals surface area (Å²) in [5.74, 6) is -0.0877. The molecular formula is C30H25ClN8O4. The molecule has 2 amide bonds. The molecule has 0 spiro atoms. The van der Waals surface area contributed by atoms with Crippen LogP contribution in [0.5, 0.6) is 5.88 Å². The SMILES string of the molecule is COc1nnc(C(Cc2ccccc2)NC(=O)C=Cc2cc(Cl)ccc2-n2cnnn2)cc1-c1ccc(NC(=O)O)cc1. The van der Waals surface area contributed by atoms with E-state index in [1.807, 2.05) is 30.3 Å². The average molecular weight is 597 g/mol. The smallest absolute Gasteiger partial charge is 0.409 e. The summed E-state index contributed by atoms with van der Waals surface area (Å²) in [6, 6.07) is 22.9. The lowest BCUT2D eigenvalue weighted by molar-refractivity contribution is -0.117. The Bertz CT molecular complexity index is 1750. The number of carbonyl (C=O) groups is 2. The standard InChI is InChI=1S/C30H25ClN8O4/c1-43-29-24(20-7-11-23(12-8-20)33-30(41)42)17-26(35-36-29)25(15-19-5-3-2-4-6-19)34-28(40)14-9-21-16-22(31)10-13-27(21)39-18-32-37-38-39/h2-14,16-18,25,33H,15H2,1H3,(H,34,40)(H,41,42). The molecule has 1 unspecified atom stereocenters. The van der Waals surface area contributed by atoms with Gasteiger partial charge in [-0.25, -0.2) is 4.79 Å². The van der Waals surface area contributed by atoms with Crippen molar-refractivity contribution < 1.29 is 19.4 Å². The van der Waals surface area contributed by atoms with E-state index in [4.69, 9.17) is 21.4 Å². The molecule has 2 heterocycles. The summed E-state index contributed by atoms with van der Waals surface area (Å²) >= 11 is 6.22. The third kappa shape index (κ3) is 7.37. The van der Waals surface area contributed by atoms with E-state index in [0.29, 0.717) is 39.6 Å². The van der Waals surface area contributed by atoms with Crippen molar-refractivity contribution in [2.24, 2.45) is 0 Å². The number of hydrogen-bond acceptors (Lipinski definition) is 8. The van der Waals surface area contributed by atoms with Crippen LogP contribution in [0.15, 0.2) is 91.3 Å². The Kier molecular flexibility index (Phi) is 8.98. The number of ether oxygens (including phenoxy) is 1. The van der Waals surface area contributed by atoms with Gasteiger partial charge in [-0.1, -0.05) is 54.1 Å². The van der Waals surface area contributed by atoms with Crippen LogP contribution in [0.4, 0.5) is 10.5 Å². The van der Waals surface area contributed by atoms with Gasteiger partial charge in [0, 0.05) is 27.9 Å². The third-order valence-corrected chi connectivity index (χ3v) is 6.61. The van der Waals surface area contributed by atoms with Gasteiger partial charge in [0.1, 0.15) is 6.33 Å². The van der Waals surface area contributed by atoms with Crippen LogP contribution < -0.4 is 15.4 Å². The second-order valence-electron chi connectivity index (χ2n) is 9.24. The van der Waals surface area contributed by atoms with Gasteiger partial charge in [0.05, 0.1) is 24.5 Å². The number of tetrazole rings is 1. The zero-order chi connectivity index (χ0) is 30.2. The Morgan fingerprint density at radius 3 is 2.53 bits per heavy atom. The number of aromatic nitrogens is 6. The zero-order valence-corrected chi connectivity index (χ0v) is 23.5. The van der Waals surface area contributed by atoms with Crippen LogP contribution in [-0.2, 0) is 11.2 Å². The molecule has 13 heteroatoms.